The molecule has 110 valence electrons. The van der Waals surface area contributed by atoms with E-state index in [1.807, 2.05) is 24.3 Å². The molecule has 1 aromatic heterocycles. The van der Waals surface area contributed by atoms with Crippen molar-refractivity contribution >= 4 is 34.4 Å². The van der Waals surface area contributed by atoms with Crippen LogP contribution in [0.25, 0.3) is 11.0 Å². The lowest BCUT2D eigenvalue weighted by Gasteiger charge is -2.07. The second kappa shape index (κ2) is 6.41. The molecule has 0 aliphatic heterocycles. The van der Waals surface area contributed by atoms with Crippen molar-refractivity contribution in [2.45, 2.75) is 6.54 Å². The average Bonchev–Trinajstić information content (AvgIpc) is 2.55. The number of halogens is 1. The predicted molar refractivity (Wildman–Crippen MR) is 86.8 cm³/mol. The molecule has 0 saturated heterocycles. The SMILES string of the molecule is O=C(NCc1cnc2ccccc2n1)Nc1ccc(Cl)cc1. The van der Waals surface area contributed by atoms with Gasteiger partial charge in [0, 0.05) is 10.7 Å². The highest BCUT2D eigenvalue weighted by Crippen LogP contribution is 2.13. The number of hydrogen-bond acceptors (Lipinski definition) is 3. The molecule has 0 atom stereocenters. The molecule has 0 aliphatic rings. The van der Waals surface area contributed by atoms with Crippen molar-refractivity contribution in [3.63, 3.8) is 0 Å². The number of aromatic nitrogens is 2. The number of amides is 2. The first kappa shape index (κ1) is 14.3. The summed E-state index contributed by atoms with van der Waals surface area (Å²) < 4.78 is 0. The van der Waals surface area contributed by atoms with Crippen LogP contribution in [0.15, 0.2) is 54.7 Å². The zero-order chi connectivity index (χ0) is 15.4. The molecule has 3 aromatic rings. The van der Waals surface area contributed by atoms with Gasteiger partial charge in [0.15, 0.2) is 0 Å². The molecule has 0 aliphatic carbocycles. The van der Waals surface area contributed by atoms with Gasteiger partial charge in [0.1, 0.15) is 0 Å². The highest BCUT2D eigenvalue weighted by molar-refractivity contribution is 6.30. The number of benzene rings is 2. The zero-order valence-electron chi connectivity index (χ0n) is 11.6. The fourth-order valence-electron chi connectivity index (χ4n) is 1.96. The molecule has 0 unspecified atom stereocenters. The Morgan fingerprint density at radius 3 is 2.55 bits per heavy atom. The molecule has 3 rings (SSSR count). The molecule has 2 N–H and O–H groups in total. The third-order valence-corrected chi connectivity index (χ3v) is 3.28. The Morgan fingerprint density at radius 1 is 1.05 bits per heavy atom. The van der Waals surface area contributed by atoms with Crippen LogP contribution in [-0.2, 0) is 6.54 Å². The lowest BCUT2D eigenvalue weighted by molar-refractivity contribution is 0.251. The molecular weight excluding hydrogens is 300 g/mol. The van der Waals surface area contributed by atoms with Crippen LogP contribution in [0.1, 0.15) is 5.69 Å². The number of fused-ring (bicyclic) bond motifs is 1. The quantitative estimate of drug-likeness (QED) is 0.776. The maximum absolute atomic E-state index is 11.8. The number of nitrogens with one attached hydrogen (secondary N) is 2. The number of nitrogens with zero attached hydrogens (tertiary/aromatic N) is 2. The fourth-order valence-corrected chi connectivity index (χ4v) is 2.09. The number of rotatable bonds is 3. The zero-order valence-corrected chi connectivity index (χ0v) is 12.3. The summed E-state index contributed by atoms with van der Waals surface area (Å²) in [6.45, 7) is 0.303. The van der Waals surface area contributed by atoms with Crippen LogP contribution < -0.4 is 10.6 Å². The summed E-state index contributed by atoms with van der Waals surface area (Å²) in [7, 11) is 0. The van der Waals surface area contributed by atoms with Crippen molar-refractivity contribution < 1.29 is 4.79 Å². The molecular formula is C16H13ClN4O. The second-order valence-corrected chi connectivity index (χ2v) is 5.10. The molecule has 0 saturated carbocycles. The van der Waals surface area contributed by atoms with E-state index in [1.54, 1.807) is 30.5 Å². The highest BCUT2D eigenvalue weighted by Gasteiger charge is 2.04. The van der Waals surface area contributed by atoms with Gasteiger partial charge in [0.05, 0.1) is 29.5 Å². The number of carbonyl (C=O) groups is 1. The van der Waals surface area contributed by atoms with E-state index < -0.39 is 0 Å². The standard InChI is InChI=1S/C16H13ClN4O/c17-11-5-7-12(8-6-11)21-16(22)19-10-13-9-18-14-3-1-2-4-15(14)20-13/h1-9H,10H2,(H2,19,21,22). The predicted octanol–water partition coefficient (Wildman–Crippen LogP) is 3.60. The van der Waals surface area contributed by atoms with Crippen LogP contribution in [0.3, 0.4) is 0 Å². The third-order valence-electron chi connectivity index (χ3n) is 3.03. The van der Waals surface area contributed by atoms with E-state index in [0.29, 0.717) is 22.9 Å². The van der Waals surface area contributed by atoms with E-state index in [4.69, 9.17) is 11.6 Å². The molecule has 0 bridgehead atoms. The van der Waals surface area contributed by atoms with Gasteiger partial charge in [-0.2, -0.15) is 0 Å². The van der Waals surface area contributed by atoms with Gasteiger partial charge in [-0.1, -0.05) is 23.7 Å². The van der Waals surface area contributed by atoms with Gasteiger partial charge in [-0.3, -0.25) is 4.98 Å². The van der Waals surface area contributed by atoms with Gasteiger partial charge in [-0.15, -0.1) is 0 Å². The summed E-state index contributed by atoms with van der Waals surface area (Å²) in [6.07, 6.45) is 1.66. The average molecular weight is 313 g/mol. The first-order valence-electron chi connectivity index (χ1n) is 6.72. The first-order chi connectivity index (χ1) is 10.7. The second-order valence-electron chi connectivity index (χ2n) is 4.66. The largest absolute Gasteiger partial charge is 0.332 e. The van der Waals surface area contributed by atoms with Crippen LogP contribution in [-0.4, -0.2) is 16.0 Å². The maximum atomic E-state index is 11.8. The van der Waals surface area contributed by atoms with Crippen molar-refractivity contribution in [3.8, 4) is 0 Å². The molecule has 2 aromatic carbocycles. The topological polar surface area (TPSA) is 66.9 Å². The van der Waals surface area contributed by atoms with E-state index >= 15 is 0 Å². The van der Waals surface area contributed by atoms with Gasteiger partial charge < -0.3 is 10.6 Å². The Labute approximate surface area is 132 Å². The van der Waals surface area contributed by atoms with Gasteiger partial charge >= 0.3 is 6.03 Å². The van der Waals surface area contributed by atoms with Crippen LogP contribution in [0.2, 0.25) is 5.02 Å². The third kappa shape index (κ3) is 3.51. The number of carbonyl (C=O) groups excluding carboxylic acids is 1. The summed E-state index contributed by atoms with van der Waals surface area (Å²) in [4.78, 5) is 20.6. The molecule has 0 fully saturated rings. The fraction of sp³-hybridized carbons (Fsp3) is 0.0625. The minimum Gasteiger partial charge on any atom is -0.332 e. The molecule has 2 amide bonds. The van der Waals surface area contributed by atoms with Crippen molar-refractivity contribution in [2.75, 3.05) is 5.32 Å². The molecule has 1 heterocycles. The number of urea groups is 1. The Morgan fingerprint density at radius 2 is 1.77 bits per heavy atom. The summed E-state index contributed by atoms with van der Waals surface area (Å²) in [6, 6.07) is 14.2. The normalized spacial score (nSPS) is 10.4. The van der Waals surface area contributed by atoms with Crippen LogP contribution >= 0.6 is 11.6 Å². The molecule has 22 heavy (non-hydrogen) atoms. The lowest BCUT2D eigenvalue weighted by atomic mass is 10.3. The Hall–Kier alpha value is -2.66. The van der Waals surface area contributed by atoms with Crippen LogP contribution in [0, 0.1) is 0 Å². The lowest BCUT2D eigenvalue weighted by Crippen LogP contribution is -2.28. The Kier molecular flexibility index (Phi) is 4.16. The van der Waals surface area contributed by atoms with E-state index in [1.165, 1.54) is 0 Å². The minimum absolute atomic E-state index is 0.303. The Bertz CT molecular complexity index is 805. The first-order valence-corrected chi connectivity index (χ1v) is 7.09. The van der Waals surface area contributed by atoms with Gasteiger partial charge in [-0.05, 0) is 36.4 Å². The van der Waals surface area contributed by atoms with Crippen molar-refractivity contribution in [1.29, 1.82) is 0 Å². The monoisotopic (exact) mass is 312 g/mol. The molecule has 6 heteroatoms. The van der Waals surface area contributed by atoms with Gasteiger partial charge in [-0.25, -0.2) is 9.78 Å². The smallest absolute Gasteiger partial charge is 0.319 e. The number of para-hydroxylation sites is 2. The molecule has 0 spiro atoms. The maximum Gasteiger partial charge on any atom is 0.319 e. The minimum atomic E-state index is -0.308. The van der Waals surface area contributed by atoms with Gasteiger partial charge in [0.25, 0.3) is 0 Å². The Balaban J connectivity index is 1.60. The molecule has 0 radical (unpaired) electrons. The van der Waals surface area contributed by atoms with Crippen LogP contribution in [0.5, 0.6) is 0 Å². The summed E-state index contributed by atoms with van der Waals surface area (Å²) >= 11 is 5.79. The van der Waals surface area contributed by atoms with Crippen molar-refractivity contribution in [3.05, 3.63) is 65.4 Å². The summed E-state index contributed by atoms with van der Waals surface area (Å²) in [5.74, 6) is 0. The number of hydrogen-bond donors (Lipinski definition) is 2. The van der Waals surface area contributed by atoms with E-state index in [-0.39, 0.29) is 6.03 Å². The summed E-state index contributed by atoms with van der Waals surface area (Å²) in [5, 5.41) is 6.08. The van der Waals surface area contributed by atoms with Crippen molar-refractivity contribution in [1.82, 2.24) is 15.3 Å². The highest BCUT2D eigenvalue weighted by atomic mass is 35.5. The van der Waals surface area contributed by atoms with Crippen molar-refractivity contribution in [2.24, 2.45) is 0 Å². The van der Waals surface area contributed by atoms with E-state index in [9.17, 15) is 4.79 Å². The molecule has 5 nitrogen and oxygen atoms in total. The van der Waals surface area contributed by atoms with Crippen LogP contribution in [0.4, 0.5) is 10.5 Å². The van der Waals surface area contributed by atoms with Gasteiger partial charge in [0.2, 0.25) is 0 Å². The van der Waals surface area contributed by atoms with E-state index in [0.717, 1.165) is 11.0 Å². The van der Waals surface area contributed by atoms with E-state index in [2.05, 4.69) is 20.6 Å². The number of anilines is 1. The summed E-state index contributed by atoms with van der Waals surface area (Å²) in [5.41, 5.74) is 3.01.